The summed E-state index contributed by atoms with van der Waals surface area (Å²) in [5, 5.41) is 2.95. The minimum atomic E-state index is -1.25. The van der Waals surface area contributed by atoms with E-state index in [1.165, 1.54) is 18.3 Å². The van der Waals surface area contributed by atoms with Crippen molar-refractivity contribution in [1.82, 2.24) is 14.9 Å². The molecule has 8 heteroatoms. The standard InChI is InChI=1S/C24H24N4O4/c1-16-9-11-18(12-10-16)28-21(29)20-19(22(30)32-3)26-15-27(20)14-24(28,2)23(31)25-13-17-7-5-4-6-8-17/h4-12,15H,13-14H2,1-3H3,(H,25,31)/t24-/m0/s1. The molecule has 0 saturated carbocycles. The number of esters is 1. The number of carbonyl (C=O) groups excluding carboxylic acids is 3. The van der Waals surface area contributed by atoms with Gasteiger partial charge in [-0.25, -0.2) is 9.78 Å². The topological polar surface area (TPSA) is 93.5 Å². The Kier molecular flexibility index (Phi) is 5.52. The second-order valence-corrected chi connectivity index (χ2v) is 7.98. The Morgan fingerprint density at radius 2 is 1.81 bits per heavy atom. The Morgan fingerprint density at radius 1 is 1.12 bits per heavy atom. The SMILES string of the molecule is COC(=O)c1ncn2c1C(=O)N(c1ccc(C)cc1)[C@](C)(C(=O)NCc1ccccc1)C2. The monoisotopic (exact) mass is 432 g/mol. The molecule has 1 aliphatic rings. The maximum absolute atomic E-state index is 13.7. The number of aryl methyl sites for hydroxylation is 1. The summed E-state index contributed by atoms with van der Waals surface area (Å²) in [4.78, 5) is 44.9. The molecule has 0 radical (unpaired) electrons. The number of nitrogens with zero attached hydrogens (tertiary/aromatic N) is 3. The van der Waals surface area contributed by atoms with Gasteiger partial charge >= 0.3 is 5.97 Å². The maximum atomic E-state index is 13.7. The molecule has 4 rings (SSSR count). The Morgan fingerprint density at radius 3 is 2.47 bits per heavy atom. The van der Waals surface area contributed by atoms with Crippen molar-refractivity contribution in [2.24, 2.45) is 0 Å². The third-order valence-electron chi connectivity index (χ3n) is 5.67. The number of imidazole rings is 1. The third kappa shape index (κ3) is 3.64. The fraction of sp³-hybridized carbons (Fsp3) is 0.250. The van der Waals surface area contributed by atoms with E-state index in [4.69, 9.17) is 4.74 Å². The molecule has 0 aliphatic carbocycles. The van der Waals surface area contributed by atoms with Gasteiger partial charge in [0.1, 0.15) is 11.2 Å². The first-order valence-electron chi connectivity index (χ1n) is 10.2. The second-order valence-electron chi connectivity index (χ2n) is 7.98. The first kappa shape index (κ1) is 21.3. The molecule has 0 unspecified atom stereocenters. The molecule has 2 heterocycles. The van der Waals surface area contributed by atoms with Crippen molar-refractivity contribution in [2.45, 2.75) is 32.5 Å². The number of ether oxygens (including phenoxy) is 1. The highest BCUT2D eigenvalue weighted by Crippen LogP contribution is 2.34. The Bertz CT molecular complexity index is 1170. The van der Waals surface area contributed by atoms with Crippen LogP contribution in [0.3, 0.4) is 0 Å². The predicted octanol–water partition coefficient (Wildman–Crippen LogP) is 2.71. The Labute approximate surface area is 185 Å². The van der Waals surface area contributed by atoms with Gasteiger partial charge in [-0.2, -0.15) is 0 Å². The zero-order valence-corrected chi connectivity index (χ0v) is 18.2. The third-order valence-corrected chi connectivity index (χ3v) is 5.67. The van der Waals surface area contributed by atoms with Crippen LogP contribution in [0, 0.1) is 6.92 Å². The first-order chi connectivity index (χ1) is 15.3. The molecular formula is C24H24N4O4. The van der Waals surface area contributed by atoms with Gasteiger partial charge in [-0.1, -0.05) is 48.0 Å². The number of hydrogen-bond donors (Lipinski definition) is 1. The van der Waals surface area contributed by atoms with Crippen LogP contribution in [0.25, 0.3) is 0 Å². The fourth-order valence-corrected chi connectivity index (χ4v) is 3.94. The van der Waals surface area contributed by atoms with Gasteiger partial charge in [0.15, 0.2) is 5.69 Å². The van der Waals surface area contributed by atoms with Crippen LogP contribution in [0.4, 0.5) is 5.69 Å². The van der Waals surface area contributed by atoms with Crippen molar-refractivity contribution in [3.05, 3.63) is 83.4 Å². The normalized spacial score (nSPS) is 17.6. The zero-order valence-electron chi connectivity index (χ0n) is 18.2. The molecular weight excluding hydrogens is 408 g/mol. The number of aromatic nitrogens is 2. The number of benzene rings is 2. The Hall–Kier alpha value is -3.94. The largest absolute Gasteiger partial charge is 0.464 e. The van der Waals surface area contributed by atoms with Gasteiger partial charge in [-0.15, -0.1) is 0 Å². The van der Waals surface area contributed by atoms with Crippen LogP contribution < -0.4 is 10.2 Å². The predicted molar refractivity (Wildman–Crippen MR) is 118 cm³/mol. The number of fused-ring (bicyclic) bond motifs is 1. The number of amides is 2. The van der Waals surface area contributed by atoms with Crippen LogP contribution in [-0.2, 0) is 22.6 Å². The summed E-state index contributed by atoms with van der Waals surface area (Å²) in [6.07, 6.45) is 1.40. The molecule has 0 spiro atoms. The van der Waals surface area contributed by atoms with Crippen LogP contribution >= 0.6 is 0 Å². The molecule has 2 aromatic carbocycles. The van der Waals surface area contributed by atoms with Gasteiger partial charge < -0.3 is 14.6 Å². The summed E-state index contributed by atoms with van der Waals surface area (Å²) >= 11 is 0. The fourth-order valence-electron chi connectivity index (χ4n) is 3.94. The summed E-state index contributed by atoms with van der Waals surface area (Å²) in [6, 6.07) is 16.9. The Balaban J connectivity index is 1.75. The molecule has 3 aromatic rings. The van der Waals surface area contributed by atoms with E-state index in [2.05, 4.69) is 10.3 Å². The molecule has 1 N–H and O–H groups in total. The summed E-state index contributed by atoms with van der Waals surface area (Å²) in [7, 11) is 1.24. The van der Waals surface area contributed by atoms with E-state index in [1.54, 1.807) is 23.6 Å². The van der Waals surface area contributed by atoms with Gasteiger partial charge in [0, 0.05) is 12.2 Å². The molecule has 32 heavy (non-hydrogen) atoms. The van der Waals surface area contributed by atoms with Crippen LogP contribution in [0.5, 0.6) is 0 Å². The number of carbonyl (C=O) groups is 3. The van der Waals surface area contributed by atoms with Crippen LogP contribution in [-0.4, -0.2) is 40.0 Å². The number of methoxy groups -OCH3 is 1. The average Bonchev–Trinajstić information content (AvgIpc) is 3.22. The molecule has 0 bridgehead atoms. The van der Waals surface area contributed by atoms with E-state index in [1.807, 2.05) is 49.4 Å². The average molecular weight is 432 g/mol. The lowest BCUT2D eigenvalue weighted by molar-refractivity contribution is -0.126. The first-order valence-corrected chi connectivity index (χ1v) is 10.2. The van der Waals surface area contributed by atoms with Crippen molar-refractivity contribution in [3.63, 3.8) is 0 Å². The van der Waals surface area contributed by atoms with Gasteiger partial charge in [-0.3, -0.25) is 14.5 Å². The van der Waals surface area contributed by atoms with E-state index in [0.29, 0.717) is 12.2 Å². The minimum Gasteiger partial charge on any atom is -0.464 e. The number of anilines is 1. The lowest BCUT2D eigenvalue weighted by Gasteiger charge is -2.43. The maximum Gasteiger partial charge on any atom is 0.359 e. The van der Waals surface area contributed by atoms with Crippen molar-refractivity contribution >= 4 is 23.5 Å². The van der Waals surface area contributed by atoms with E-state index >= 15 is 0 Å². The number of hydrogen-bond acceptors (Lipinski definition) is 5. The van der Waals surface area contributed by atoms with Gasteiger partial charge in [0.05, 0.1) is 20.0 Å². The van der Waals surface area contributed by atoms with E-state index in [0.717, 1.165) is 11.1 Å². The molecule has 2 amide bonds. The molecule has 0 saturated heterocycles. The smallest absolute Gasteiger partial charge is 0.359 e. The number of nitrogens with one attached hydrogen (secondary N) is 1. The van der Waals surface area contributed by atoms with Gasteiger partial charge in [-0.05, 0) is 31.5 Å². The highest BCUT2D eigenvalue weighted by Gasteiger charge is 2.49. The van der Waals surface area contributed by atoms with Crippen molar-refractivity contribution in [3.8, 4) is 0 Å². The zero-order chi connectivity index (χ0) is 22.9. The van der Waals surface area contributed by atoms with Crippen molar-refractivity contribution in [1.29, 1.82) is 0 Å². The van der Waals surface area contributed by atoms with E-state index in [9.17, 15) is 14.4 Å². The lowest BCUT2D eigenvalue weighted by atomic mass is 9.93. The highest BCUT2D eigenvalue weighted by atomic mass is 16.5. The van der Waals surface area contributed by atoms with Crippen LogP contribution in [0.15, 0.2) is 60.9 Å². The highest BCUT2D eigenvalue weighted by molar-refractivity contribution is 6.15. The van der Waals surface area contributed by atoms with Crippen molar-refractivity contribution in [2.75, 3.05) is 12.0 Å². The van der Waals surface area contributed by atoms with Gasteiger partial charge in [0.2, 0.25) is 5.91 Å². The summed E-state index contributed by atoms with van der Waals surface area (Å²) in [6.45, 7) is 4.12. The summed E-state index contributed by atoms with van der Waals surface area (Å²) in [5.41, 5.74) is 1.31. The summed E-state index contributed by atoms with van der Waals surface area (Å²) in [5.74, 6) is -1.50. The molecule has 8 nitrogen and oxygen atoms in total. The molecule has 0 fully saturated rings. The minimum absolute atomic E-state index is 0.0682. The lowest BCUT2D eigenvalue weighted by Crippen LogP contribution is -2.64. The van der Waals surface area contributed by atoms with E-state index < -0.39 is 17.4 Å². The molecule has 1 atom stereocenters. The van der Waals surface area contributed by atoms with Crippen molar-refractivity contribution < 1.29 is 19.1 Å². The van der Waals surface area contributed by atoms with Crippen LogP contribution in [0.2, 0.25) is 0 Å². The summed E-state index contributed by atoms with van der Waals surface area (Å²) < 4.78 is 6.33. The quantitative estimate of drug-likeness (QED) is 0.626. The van der Waals surface area contributed by atoms with E-state index in [-0.39, 0.29) is 23.8 Å². The molecule has 1 aromatic heterocycles. The van der Waals surface area contributed by atoms with Gasteiger partial charge in [0.25, 0.3) is 5.91 Å². The second kappa shape index (κ2) is 8.30. The van der Waals surface area contributed by atoms with Crippen LogP contribution in [0.1, 0.15) is 39.0 Å². The molecule has 164 valence electrons. The molecule has 1 aliphatic heterocycles. The number of rotatable bonds is 5.